The van der Waals surface area contributed by atoms with Crippen LogP contribution in [-0.2, 0) is 0 Å². The first kappa shape index (κ1) is 11.2. The van der Waals surface area contributed by atoms with Gasteiger partial charge in [-0.1, -0.05) is 19.3 Å². The van der Waals surface area contributed by atoms with Crippen LogP contribution in [0.25, 0.3) is 0 Å². The zero-order valence-electron chi connectivity index (χ0n) is 9.82. The SMILES string of the molecule is CC(Nc1nccc(N)n1)C1CCCCC1. The Labute approximate surface area is 96.7 Å². The molecule has 1 aromatic heterocycles. The summed E-state index contributed by atoms with van der Waals surface area (Å²) < 4.78 is 0. The highest BCUT2D eigenvalue weighted by Gasteiger charge is 2.20. The molecule has 1 saturated carbocycles. The topological polar surface area (TPSA) is 63.8 Å². The zero-order valence-corrected chi connectivity index (χ0v) is 9.82. The van der Waals surface area contributed by atoms with Gasteiger partial charge in [0.25, 0.3) is 0 Å². The quantitative estimate of drug-likeness (QED) is 0.821. The Balaban J connectivity index is 1.93. The molecule has 1 aliphatic rings. The fourth-order valence-electron chi connectivity index (χ4n) is 2.40. The predicted molar refractivity (Wildman–Crippen MR) is 66.1 cm³/mol. The van der Waals surface area contributed by atoms with E-state index in [-0.39, 0.29) is 0 Å². The number of hydrogen-bond donors (Lipinski definition) is 2. The Morgan fingerprint density at radius 1 is 1.38 bits per heavy atom. The zero-order chi connectivity index (χ0) is 11.4. The van der Waals surface area contributed by atoms with Gasteiger partial charge in [0.1, 0.15) is 5.82 Å². The van der Waals surface area contributed by atoms with Crippen LogP contribution in [0.1, 0.15) is 39.0 Å². The largest absolute Gasteiger partial charge is 0.384 e. The number of nitrogens with one attached hydrogen (secondary N) is 1. The van der Waals surface area contributed by atoms with E-state index in [0.29, 0.717) is 17.8 Å². The van der Waals surface area contributed by atoms with Gasteiger partial charge < -0.3 is 11.1 Å². The average molecular weight is 220 g/mol. The second-order valence-electron chi connectivity index (χ2n) is 4.64. The molecule has 3 N–H and O–H groups in total. The fourth-order valence-corrected chi connectivity index (χ4v) is 2.40. The molecule has 0 amide bonds. The summed E-state index contributed by atoms with van der Waals surface area (Å²) in [5.74, 6) is 1.92. The smallest absolute Gasteiger partial charge is 0.224 e. The Bertz CT molecular complexity index is 334. The lowest BCUT2D eigenvalue weighted by molar-refractivity contribution is 0.327. The first-order valence-corrected chi connectivity index (χ1v) is 6.11. The van der Waals surface area contributed by atoms with Crippen molar-refractivity contribution in [3.63, 3.8) is 0 Å². The molecular formula is C12H20N4. The van der Waals surface area contributed by atoms with Crippen molar-refractivity contribution in [3.8, 4) is 0 Å². The Kier molecular flexibility index (Phi) is 3.59. The lowest BCUT2D eigenvalue weighted by Crippen LogP contribution is -2.28. The summed E-state index contributed by atoms with van der Waals surface area (Å²) in [6, 6.07) is 2.14. The normalized spacial score (nSPS) is 19.3. The predicted octanol–water partition coefficient (Wildman–Crippen LogP) is 2.44. The van der Waals surface area contributed by atoms with Crippen LogP contribution >= 0.6 is 0 Å². The van der Waals surface area contributed by atoms with Gasteiger partial charge in [-0.15, -0.1) is 0 Å². The molecule has 1 aliphatic carbocycles. The monoisotopic (exact) mass is 220 g/mol. The van der Waals surface area contributed by atoms with Crippen LogP contribution < -0.4 is 11.1 Å². The van der Waals surface area contributed by atoms with E-state index in [0.717, 1.165) is 5.92 Å². The second-order valence-corrected chi connectivity index (χ2v) is 4.64. The van der Waals surface area contributed by atoms with Crippen molar-refractivity contribution >= 4 is 11.8 Å². The van der Waals surface area contributed by atoms with E-state index in [9.17, 15) is 0 Å². The number of anilines is 2. The number of rotatable bonds is 3. The lowest BCUT2D eigenvalue weighted by Gasteiger charge is -2.28. The van der Waals surface area contributed by atoms with Crippen molar-refractivity contribution in [1.29, 1.82) is 0 Å². The maximum absolute atomic E-state index is 5.62. The summed E-state index contributed by atoms with van der Waals surface area (Å²) in [5, 5.41) is 3.35. The minimum atomic E-state index is 0.433. The number of hydrogen-bond acceptors (Lipinski definition) is 4. The first-order valence-electron chi connectivity index (χ1n) is 6.11. The van der Waals surface area contributed by atoms with E-state index in [4.69, 9.17) is 5.73 Å². The summed E-state index contributed by atoms with van der Waals surface area (Å²) in [5.41, 5.74) is 5.62. The van der Waals surface area contributed by atoms with Gasteiger partial charge in [0.15, 0.2) is 0 Å². The molecule has 0 radical (unpaired) electrons. The van der Waals surface area contributed by atoms with Crippen LogP contribution in [0, 0.1) is 5.92 Å². The third kappa shape index (κ3) is 2.84. The third-order valence-corrected chi connectivity index (χ3v) is 3.39. The Morgan fingerprint density at radius 2 is 2.12 bits per heavy atom. The van der Waals surface area contributed by atoms with E-state index < -0.39 is 0 Å². The minimum absolute atomic E-state index is 0.433. The van der Waals surface area contributed by atoms with Crippen LogP contribution in [0.15, 0.2) is 12.3 Å². The standard InChI is InChI=1S/C12H20N4/c1-9(10-5-3-2-4-6-10)15-12-14-8-7-11(13)16-12/h7-10H,2-6H2,1H3,(H3,13,14,15,16). The molecule has 1 aromatic rings. The van der Waals surface area contributed by atoms with Crippen molar-refractivity contribution in [2.24, 2.45) is 5.92 Å². The van der Waals surface area contributed by atoms with Gasteiger partial charge >= 0.3 is 0 Å². The summed E-state index contributed by atoms with van der Waals surface area (Å²) >= 11 is 0. The van der Waals surface area contributed by atoms with Crippen LogP contribution in [0.2, 0.25) is 0 Å². The minimum Gasteiger partial charge on any atom is -0.384 e. The van der Waals surface area contributed by atoms with E-state index in [1.807, 2.05) is 0 Å². The van der Waals surface area contributed by atoms with Crippen molar-refractivity contribution < 1.29 is 0 Å². The van der Waals surface area contributed by atoms with E-state index in [1.54, 1.807) is 12.3 Å². The van der Waals surface area contributed by atoms with Gasteiger partial charge in [0.05, 0.1) is 0 Å². The molecule has 16 heavy (non-hydrogen) atoms. The van der Waals surface area contributed by atoms with Gasteiger partial charge in [0, 0.05) is 12.2 Å². The van der Waals surface area contributed by atoms with Gasteiger partial charge in [-0.05, 0) is 31.7 Å². The maximum atomic E-state index is 5.62. The van der Waals surface area contributed by atoms with Crippen LogP contribution in [-0.4, -0.2) is 16.0 Å². The number of nitrogens with two attached hydrogens (primary N) is 1. The Morgan fingerprint density at radius 3 is 2.81 bits per heavy atom. The Hall–Kier alpha value is -1.32. The number of nitrogen functional groups attached to an aromatic ring is 1. The maximum Gasteiger partial charge on any atom is 0.224 e. The number of aromatic nitrogens is 2. The molecule has 1 atom stereocenters. The summed E-state index contributed by atoms with van der Waals surface area (Å²) in [4.78, 5) is 8.34. The molecule has 0 spiro atoms. The average Bonchev–Trinajstić information content (AvgIpc) is 2.30. The first-order chi connectivity index (χ1) is 7.75. The molecule has 0 bridgehead atoms. The van der Waals surface area contributed by atoms with Crippen LogP contribution in [0.3, 0.4) is 0 Å². The van der Waals surface area contributed by atoms with Gasteiger partial charge in [-0.2, -0.15) is 4.98 Å². The molecule has 88 valence electrons. The molecular weight excluding hydrogens is 200 g/mol. The van der Waals surface area contributed by atoms with E-state index >= 15 is 0 Å². The highest BCUT2D eigenvalue weighted by atomic mass is 15.1. The van der Waals surface area contributed by atoms with E-state index in [2.05, 4.69) is 22.2 Å². The van der Waals surface area contributed by atoms with Gasteiger partial charge in [-0.25, -0.2) is 4.98 Å². The van der Waals surface area contributed by atoms with Crippen molar-refractivity contribution in [2.45, 2.75) is 45.1 Å². The second kappa shape index (κ2) is 5.14. The van der Waals surface area contributed by atoms with E-state index in [1.165, 1.54) is 32.1 Å². The van der Waals surface area contributed by atoms with Gasteiger partial charge in [-0.3, -0.25) is 0 Å². The molecule has 0 aliphatic heterocycles. The van der Waals surface area contributed by atoms with Crippen molar-refractivity contribution in [2.75, 3.05) is 11.1 Å². The summed E-state index contributed by atoms with van der Waals surface area (Å²) in [6.45, 7) is 2.21. The molecule has 2 rings (SSSR count). The molecule has 4 heteroatoms. The summed E-state index contributed by atoms with van der Waals surface area (Å²) in [6.07, 6.45) is 8.42. The molecule has 4 nitrogen and oxygen atoms in total. The summed E-state index contributed by atoms with van der Waals surface area (Å²) in [7, 11) is 0. The molecule has 1 fully saturated rings. The van der Waals surface area contributed by atoms with Gasteiger partial charge in [0.2, 0.25) is 5.95 Å². The van der Waals surface area contributed by atoms with Crippen molar-refractivity contribution in [1.82, 2.24) is 9.97 Å². The highest BCUT2D eigenvalue weighted by Crippen LogP contribution is 2.27. The fraction of sp³-hybridized carbons (Fsp3) is 0.667. The third-order valence-electron chi connectivity index (χ3n) is 3.39. The molecule has 1 heterocycles. The molecule has 0 aromatic carbocycles. The van der Waals surface area contributed by atoms with Crippen LogP contribution in [0.5, 0.6) is 0 Å². The van der Waals surface area contributed by atoms with Crippen molar-refractivity contribution in [3.05, 3.63) is 12.3 Å². The highest BCUT2D eigenvalue weighted by molar-refractivity contribution is 5.35. The molecule has 1 unspecified atom stereocenters. The lowest BCUT2D eigenvalue weighted by atomic mass is 9.85. The van der Waals surface area contributed by atoms with Crippen LogP contribution in [0.4, 0.5) is 11.8 Å². The number of nitrogens with zero attached hydrogens (tertiary/aromatic N) is 2. The molecule has 0 saturated heterocycles.